The van der Waals surface area contributed by atoms with Crippen molar-refractivity contribution in [1.82, 2.24) is 0 Å². The second-order valence-corrected chi connectivity index (χ2v) is 5.77. The minimum Gasteiger partial charge on any atom is -0.0795 e. The molecular weight excluding hydrogens is 272 g/mol. The van der Waals surface area contributed by atoms with Crippen LogP contribution in [-0.4, -0.2) is 0 Å². The molecule has 0 aliphatic heterocycles. The summed E-state index contributed by atoms with van der Waals surface area (Å²) in [6.45, 7) is 0. The second kappa shape index (κ2) is 3.33. The van der Waals surface area contributed by atoms with Crippen LogP contribution in [0.25, 0.3) is 22.9 Å². The second-order valence-electron chi connectivity index (χ2n) is 4.75. The average Bonchev–Trinajstić information content (AvgIpc) is 2.35. The summed E-state index contributed by atoms with van der Waals surface area (Å²) in [7, 11) is 0. The Morgan fingerprint density at radius 2 is 1.65 bits per heavy atom. The molecule has 2 aromatic carbocycles. The van der Waals surface area contributed by atoms with E-state index in [2.05, 4.69) is 58.4 Å². The summed E-state index contributed by atoms with van der Waals surface area (Å²) >= 11 is 3.64. The Labute approximate surface area is 109 Å². The zero-order valence-corrected chi connectivity index (χ0v) is 10.9. The predicted molar refractivity (Wildman–Crippen MR) is 77.3 cm³/mol. The lowest BCUT2D eigenvalue weighted by Crippen LogP contribution is -2.01. The first-order valence-corrected chi connectivity index (χ1v) is 6.72. The van der Waals surface area contributed by atoms with Crippen molar-refractivity contribution in [2.24, 2.45) is 0 Å². The highest BCUT2D eigenvalue weighted by atomic mass is 79.9. The van der Waals surface area contributed by atoms with E-state index in [4.69, 9.17) is 0 Å². The molecule has 0 heterocycles. The van der Waals surface area contributed by atoms with Crippen LogP contribution >= 0.6 is 15.9 Å². The number of hydrogen-bond acceptors (Lipinski definition) is 0. The van der Waals surface area contributed by atoms with Crippen molar-refractivity contribution in [2.45, 2.75) is 12.8 Å². The molecule has 0 amide bonds. The highest BCUT2D eigenvalue weighted by Gasteiger charge is 2.17. The lowest BCUT2D eigenvalue weighted by molar-refractivity contribution is 1.24. The van der Waals surface area contributed by atoms with Crippen LogP contribution in [0.3, 0.4) is 0 Å². The zero-order chi connectivity index (χ0) is 11.4. The van der Waals surface area contributed by atoms with E-state index < -0.39 is 0 Å². The molecule has 1 heteroatoms. The van der Waals surface area contributed by atoms with E-state index in [1.807, 2.05) is 0 Å². The van der Waals surface area contributed by atoms with Gasteiger partial charge in [-0.25, -0.2) is 0 Å². The van der Waals surface area contributed by atoms with E-state index in [1.165, 1.54) is 37.5 Å². The lowest BCUT2D eigenvalue weighted by Gasteiger charge is -2.20. The lowest BCUT2D eigenvalue weighted by atomic mass is 9.85. The van der Waals surface area contributed by atoms with Crippen LogP contribution in [0.5, 0.6) is 0 Å². The summed E-state index contributed by atoms with van der Waals surface area (Å²) in [5, 5.41) is 2.94. The van der Waals surface area contributed by atoms with Gasteiger partial charge in [0.2, 0.25) is 0 Å². The van der Waals surface area contributed by atoms with Gasteiger partial charge in [0.15, 0.2) is 0 Å². The monoisotopic (exact) mass is 282 g/mol. The molecule has 0 radical (unpaired) electrons. The van der Waals surface area contributed by atoms with Crippen LogP contribution in [0, 0.1) is 0 Å². The smallest absolute Gasteiger partial charge is 0.00472 e. The van der Waals surface area contributed by atoms with Gasteiger partial charge >= 0.3 is 0 Å². The van der Waals surface area contributed by atoms with Crippen LogP contribution in [0.15, 0.2) is 34.8 Å². The summed E-state index contributed by atoms with van der Waals surface area (Å²) in [5.41, 5.74) is 5.65. The Kier molecular flexibility index (Phi) is 1.89. The molecule has 2 aliphatic rings. The molecule has 17 heavy (non-hydrogen) atoms. The molecule has 0 saturated heterocycles. The van der Waals surface area contributed by atoms with Gasteiger partial charge in [0.05, 0.1) is 0 Å². The Hall–Kier alpha value is -1.34. The van der Waals surface area contributed by atoms with Crippen LogP contribution in [0.4, 0.5) is 0 Å². The van der Waals surface area contributed by atoms with Gasteiger partial charge in [-0.2, -0.15) is 0 Å². The highest BCUT2D eigenvalue weighted by molar-refractivity contribution is 9.11. The zero-order valence-electron chi connectivity index (χ0n) is 9.33. The molecule has 0 unspecified atom stereocenters. The maximum atomic E-state index is 3.64. The number of hydrogen-bond donors (Lipinski definition) is 0. The predicted octanol–water partition coefficient (Wildman–Crippen LogP) is 4.70. The van der Waals surface area contributed by atoms with Crippen molar-refractivity contribution in [3.05, 3.63) is 57.1 Å². The molecule has 0 fully saturated rings. The maximum absolute atomic E-state index is 3.64. The fraction of sp³-hybridized carbons (Fsp3) is 0.125. The minimum absolute atomic E-state index is 1.02. The Bertz CT molecular complexity index is 705. The molecule has 0 atom stereocenters. The molecule has 2 aliphatic carbocycles. The standard InChI is InChI=1S/C16H11Br/c17-14-8-12-6-4-10-2-1-3-11-5-7-13(9-14)16(12)15(10)11/h1-2,4-7,9H,3,8H2. The first-order valence-electron chi connectivity index (χ1n) is 5.93. The summed E-state index contributed by atoms with van der Waals surface area (Å²) in [5.74, 6) is 0. The van der Waals surface area contributed by atoms with E-state index in [0.717, 1.165) is 12.8 Å². The van der Waals surface area contributed by atoms with Crippen molar-refractivity contribution >= 4 is 38.9 Å². The molecule has 0 N–H and O–H groups in total. The molecule has 0 aromatic heterocycles. The number of benzene rings is 2. The Balaban J connectivity index is 2.24. The van der Waals surface area contributed by atoms with E-state index in [9.17, 15) is 0 Å². The summed E-state index contributed by atoms with van der Waals surface area (Å²) in [6, 6.07) is 9.06. The number of halogens is 1. The van der Waals surface area contributed by atoms with Crippen LogP contribution in [-0.2, 0) is 12.8 Å². The normalized spacial score (nSPS) is 16.2. The summed E-state index contributed by atoms with van der Waals surface area (Å²) < 4.78 is 1.28. The van der Waals surface area contributed by atoms with Crippen LogP contribution in [0.1, 0.15) is 22.3 Å². The van der Waals surface area contributed by atoms with Gasteiger partial charge in [-0.3, -0.25) is 0 Å². The van der Waals surface area contributed by atoms with Gasteiger partial charge in [-0.05, 0) is 45.5 Å². The Morgan fingerprint density at radius 1 is 0.882 bits per heavy atom. The third-order valence-corrected chi connectivity index (χ3v) is 4.21. The maximum Gasteiger partial charge on any atom is 0.00472 e. The van der Waals surface area contributed by atoms with Crippen molar-refractivity contribution in [1.29, 1.82) is 0 Å². The average molecular weight is 283 g/mol. The van der Waals surface area contributed by atoms with Gasteiger partial charge < -0.3 is 0 Å². The third kappa shape index (κ3) is 1.29. The minimum atomic E-state index is 1.02. The molecular formula is C16H11Br. The van der Waals surface area contributed by atoms with Gasteiger partial charge in [0.1, 0.15) is 0 Å². The first kappa shape index (κ1) is 9.67. The summed E-state index contributed by atoms with van der Waals surface area (Å²) in [6.07, 6.45) is 8.86. The molecule has 82 valence electrons. The van der Waals surface area contributed by atoms with Crippen molar-refractivity contribution in [2.75, 3.05) is 0 Å². The van der Waals surface area contributed by atoms with E-state index in [1.54, 1.807) is 0 Å². The molecule has 0 saturated carbocycles. The fourth-order valence-electron chi connectivity index (χ4n) is 2.99. The first-order chi connectivity index (χ1) is 8.33. The van der Waals surface area contributed by atoms with Crippen molar-refractivity contribution in [3.63, 3.8) is 0 Å². The van der Waals surface area contributed by atoms with E-state index in [0.29, 0.717) is 0 Å². The van der Waals surface area contributed by atoms with Gasteiger partial charge in [-0.1, -0.05) is 52.3 Å². The largest absolute Gasteiger partial charge is 0.0795 e. The van der Waals surface area contributed by atoms with Crippen LogP contribution in [0.2, 0.25) is 0 Å². The number of allylic oxidation sites excluding steroid dienone is 2. The van der Waals surface area contributed by atoms with Crippen molar-refractivity contribution in [3.8, 4) is 0 Å². The third-order valence-electron chi connectivity index (χ3n) is 3.70. The van der Waals surface area contributed by atoms with E-state index in [-0.39, 0.29) is 0 Å². The van der Waals surface area contributed by atoms with E-state index >= 15 is 0 Å². The summed E-state index contributed by atoms with van der Waals surface area (Å²) in [4.78, 5) is 0. The van der Waals surface area contributed by atoms with Gasteiger partial charge in [0, 0.05) is 10.9 Å². The van der Waals surface area contributed by atoms with Gasteiger partial charge in [0.25, 0.3) is 0 Å². The SMILES string of the molecule is BrC1=Cc2ccc3c4c(ccc(c24)C1)C=CC3. The van der Waals surface area contributed by atoms with Crippen molar-refractivity contribution < 1.29 is 0 Å². The topological polar surface area (TPSA) is 0 Å². The van der Waals surface area contributed by atoms with Crippen LogP contribution < -0.4 is 0 Å². The molecule has 0 nitrogen and oxygen atoms in total. The quantitative estimate of drug-likeness (QED) is 0.657. The fourth-order valence-corrected chi connectivity index (χ4v) is 3.53. The molecule has 0 bridgehead atoms. The number of rotatable bonds is 0. The molecule has 4 rings (SSSR count). The molecule has 2 aromatic rings. The van der Waals surface area contributed by atoms with Gasteiger partial charge in [-0.15, -0.1) is 0 Å². The molecule has 0 spiro atoms. The Morgan fingerprint density at radius 3 is 2.59 bits per heavy atom. The highest BCUT2D eigenvalue weighted by Crippen LogP contribution is 2.38.